The van der Waals surface area contributed by atoms with Crippen LogP contribution in [0.1, 0.15) is 33.0 Å². The van der Waals surface area contributed by atoms with Crippen molar-refractivity contribution < 1.29 is 4.74 Å². The molecule has 0 aliphatic carbocycles. The molecule has 0 saturated carbocycles. The average molecular weight is 313 g/mol. The Balaban J connectivity index is 1.87. The molecule has 1 aliphatic heterocycles. The van der Waals surface area contributed by atoms with Crippen molar-refractivity contribution >= 4 is 17.4 Å². The number of anilines is 1. The third-order valence-electron chi connectivity index (χ3n) is 3.80. The van der Waals surface area contributed by atoms with E-state index in [1.165, 1.54) is 13.0 Å². The van der Waals surface area contributed by atoms with Gasteiger partial charge in [0.1, 0.15) is 17.6 Å². The molecule has 1 aromatic heterocycles. The second kappa shape index (κ2) is 7.92. The highest BCUT2D eigenvalue weighted by Crippen LogP contribution is 2.19. The Morgan fingerprint density at radius 1 is 1.48 bits per heavy atom. The first-order valence-electron chi connectivity index (χ1n) is 7.67. The van der Waals surface area contributed by atoms with Gasteiger partial charge in [-0.2, -0.15) is 0 Å². The van der Waals surface area contributed by atoms with Crippen molar-refractivity contribution in [1.82, 2.24) is 14.9 Å². The molecule has 2 rings (SSSR count). The Morgan fingerprint density at radius 3 is 2.95 bits per heavy atom. The number of ether oxygens (including phenoxy) is 1. The minimum atomic E-state index is 0.399. The van der Waals surface area contributed by atoms with Gasteiger partial charge in [0.05, 0.1) is 0 Å². The standard InChI is InChI=1S/C15H25ClN4O/c1-4-21-10-15-18-13(16)7-14(19-15)17-8-12-5-6-20(9-12)11(2)3/h7,11-12H,4-6,8-10H2,1-3H3,(H,17,18,19). The van der Waals surface area contributed by atoms with Crippen molar-refractivity contribution in [3.63, 3.8) is 0 Å². The second-order valence-electron chi connectivity index (χ2n) is 5.75. The van der Waals surface area contributed by atoms with Crippen LogP contribution in [0.15, 0.2) is 6.07 Å². The van der Waals surface area contributed by atoms with Gasteiger partial charge in [0.2, 0.25) is 0 Å². The molecule has 1 aliphatic rings. The number of hydrogen-bond acceptors (Lipinski definition) is 5. The number of hydrogen-bond donors (Lipinski definition) is 1. The number of halogens is 1. The summed E-state index contributed by atoms with van der Waals surface area (Å²) >= 11 is 6.03. The highest BCUT2D eigenvalue weighted by molar-refractivity contribution is 6.29. The van der Waals surface area contributed by atoms with E-state index in [2.05, 4.69) is 34.0 Å². The lowest BCUT2D eigenvalue weighted by atomic mass is 10.1. The summed E-state index contributed by atoms with van der Waals surface area (Å²) in [5.74, 6) is 2.08. The summed E-state index contributed by atoms with van der Waals surface area (Å²) in [4.78, 5) is 11.1. The molecule has 0 aromatic carbocycles. The van der Waals surface area contributed by atoms with Crippen LogP contribution in [0.25, 0.3) is 0 Å². The van der Waals surface area contributed by atoms with Crippen LogP contribution in [0.4, 0.5) is 5.82 Å². The molecule has 1 unspecified atom stereocenters. The normalized spacial score (nSPS) is 19.4. The fraction of sp³-hybridized carbons (Fsp3) is 0.733. The van der Waals surface area contributed by atoms with E-state index in [-0.39, 0.29) is 0 Å². The van der Waals surface area contributed by atoms with Crippen LogP contribution in [0, 0.1) is 5.92 Å². The predicted molar refractivity (Wildman–Crippen MR) is 85.7 cm³/mol. The summed E-state index contributed by atoms with van der Waals surface area (Å²) < 4.78 is 5.33. The minimum absolute atomic E-state index is 0.399. The van der Waals surface area contributed by atoms with Crippen LogP contribution in [-0.4, -0.2) is 47.2 Å². The first-order valence-corrected chi connectivity index (χ1v) is 8.05. The van der Waals surface area contributed by atoms with Gasteiger partial charge in [0, 0.05) is 31.8 Å². The zero-order chi connectivity index (χ0) is 15.2. The molecule has 5 nitrogen and oxygen atoms in total. The summed E-state index contributed by atoms with van der Waals surface area (Å²) in [5.41, 5.74) is 0. The maximum atomic E-state index is 6.03. The van der Waals surface area contributed by atoms with E-state index in [0.717, 1.165) is 18.9 Å². The molecular weight excluding hydrogens is 288 g/mol. The van der Waals surface area contributed by atoms with Gasteiger partial charge in [-0.25, -0.2) is 9.97 Å². The van der Waals surface area contributed by atoms with Crippen molar-refractivity contribution in [3.8, 4) is 0 Å². The van der Waals surface area contributed by atoms with Gasteiger partial charge in [-0.1, -0.05) is 11.6 Å². The monoisotopic (exact) mass is 312 g/mol. The van der Waals surface area contributed by atoms with Gasteiger partial charge < -0.3 is 15.0 Å². The van der Waals surface area contributed by atoms with Crippen LogP contribution in [-0.2, 0) is 11.3 Å². The summed E-state index contributed by atoms with van der Waals surface area (Å²) in [6.45, 7) is 10.7. The first kappa shape index (κ1) is 16.5. The van der Waals surface area contributed by atoms with Gasteiger partial charge >= 0.3 is 0 Å². The van der Waals surface area contributed by atoms with Crippen LogP contribution >= 0.6 is 11.6 Å². The lowest BCUT2D eigenvalue weighted by molar-refractivity contribution is 0.128. The maximum absolute atomic E-state index is 6.03. The van der Waals surface area contributed by atoms with E-state index in [0.29, 0.717) is 36.2 Å². The maximum Gasteiger partial charge on any atom is 0.158 e. The SMILES string of the molecule is CCOCc1nc(Cl)cc(NCC2CCN(C(C)C)C2)n1. The molecule has 0 amide bonds. The summed E-state index contributed by atoms with van der Waals surface area (Å²) in [6, 6.07) is 2.40. The Labute approximate surface area is 132 Å². The third kappa shape index (κ3) is 5.09. The molecule has 6 heteroatoms. The Hall–Kier alpha value is -0.910. The fourth-order valence-electron chi connectivity index (χ4n) is 2.56. The largest absolute Gasteiger partial charge is 0.374 e. The number of nitrogens with one attached hydrogen (secondary N) is 1. The molecule has 118 valence electrons. The van der Waals surface area contributed by atoms with E-state index < -0.39 is 0 Å². The summed E-state index contributed by atoms with van der Waals surface area (Å²) in [6.07, 6.45) is 1.23. The molecule has 0 bridgehead atoms. The number of nitrogens with zero attached hydrogens (tertiary/aromatic N) is 3. The van der Waals surface area contributed by atoms with Gasteiger partial charge in [0.15, 0.2) is 5.82 Å². The van der Waals surface area contributed by atoms with Gasteiger partial charge in [0.25, 0.3) is 0 Å². The van der Waals surface area contributed by atoms with Crippen molar-refractivity contribution in [2.75, 3.05) is 31.6 Å². The van der Waals surface area contributed by atoms with E-state index in [9.17, 15) is 0 Å². The zero-order valence-corrected chi connectivity index (χ0v) is 13.9. The molecule has 1 N–H and O–H groups in total. The molecule has 2 heterocycles. The molecule has 1 saturated heterocycles. The smallest absolute Gasteiger partial charge is 0.158 e. The lowest BCUT2D eigenvalue weighted by Gasteiger charge is -2.20. The highest BCUT2D eigenvalue weighted by atomic mass is 35.5. The van der Waals surface area contributed by atoms with Crippen molar-refractivity contribution in [2.24, 2.45) is 5.92 Å². The second-order valence-corrected chi connectivity index (χ2v) is 6.14. The molecule has 1 atom stereocenters. The summed E-state index contributed by atoms with van der Waals surface area (Å²) in [7, 11) is 0. The van der Waals surface area contributed by atoms with Crippen LogP contribution < -0.4 is 5.32 Å². The molecule has 21 heavy (non-hydrogen) atoms. The van der Waals surface area contributed by atoms with Crippen LogP contribution in [0.2, 0.25) is 5.15 Å². The average Bonchev–Trinajstić information content (AvgIpc) is 2.91. The first-order chi connectivity index (χ1) is 10.1. The zero-order valence-electron chi connectivity index (χ0n) is 13.1. The third-order valence-corrected chi connectivity index (χ3v) is 3.99. The summed E-state index contributed by atoms with van der Waals surface area (Å²) in [5, 5.41) is 3.84. The van der Waals surface area contributed by atoms with Crippen molar-refractivity contribution in [2.45, 2.75) is 39.8 Å². The molecule has 1 fully saturated rings. The Bertz CT molecular complexity index is 455. The van der Waals surface area contributed by atoms with Crippen LogP contribution in [0.5, 0.6) is 0 Å². The molecule has 1 aromatic rings. The number of likely N-dealkylation sites (tertiary alicyclic amines) is 1. The fourth-order valence-corrected chi connectivity index (χ4v) is 2.76. The topological polar surface area (TPSA) is 50.3 Å². The lowest BCUT2D eigenvalue weighted by Crippen LogP contribution is -2.29. The molecule has 0 spiro atoms. The van der Waals surface area contributed by atoms with E-state index in [4.69, 9.17) is 16.3 Å². The Kier molecular flexibility index (Phi) is 6.21. The number of aromatic nitrogens is 2. The number of rotatable bonds is 7. The van der Waals surface area contributed by atoms with E-state index in [1.54, 1.807) is 6.07 Å². The van der Waals surface area contributed by atoms with E-state index in [1.807, 2.05) is 6.92 Å². The van der Waals surface area contributed by atoms with Gasteiger partial charge in [-0.15, -0.1) is 0 Å². The van der Waals surface area contributed by atoms with E-state index >= 15 is 0 Å². The minimum Gasteiger partial charge on any atom is -0.374 e. The Morgan fingerprint density at radius 2 is 2.29 bits per heavy atom. The quantitative estimate of drug-likeness (QED) is 0.785. The van der Waals surface area contributed by atoms with Crippen molar-refractivity contribution in [3.05, 3.63) is 17.0 Å². The van der Waals surface area contributed by atoms with Crippen LogP contribution in [0.3, 0.4) is 0 Å². The molecular formula is C15H25ClN4O. The van der Waals surface area contributed by atoms with Gasteiger partial charge in [-0.05, 0) is 39.7 Å². The molecule has 0 radical (unpaired) electrons. The predicted octanol–water partition coefficient (Wildman–Crippen LogP) is 2.81. The van der Waals surface area contributed by atoms with Crippen molar-refractivity contribution in [1.29, 1.82) is 0 Å². The highest BCUT2D eigenvalue weighted by Gasteiger charge is 2.23. The van der Waals surface area contributed by atoms with Gasteiger partial charge in [-0.3, -0.25) is 0 Å².